The maximum absolute atomic E-state index is 5.62. The normalized spacial score (nSPS) is 15.5. The average molecular weight is 171 g/mol. The van der Waals surface area contributed by atoms with Crippen LogP contribution >= 0.6 is 0 Å². The standard InChI is InChI=1S/C12H13N/c13-12-8-6-11(7-9-12)10-4-2-1-3-5-10/h1-2,4,6-9H,3,5,13H2. The Kier molecular flexibility index (Phi) is 2.17. The molecule has 0 amide bonds. The zero-order valence-electron chi connectivity index (χ0n) is 7.53. The largest absolute Gasteiger partial charge is 0.399 e. The predicted molar refractivity (Wildman–Crippen MR) is 57.2 cm³/mol. The summed E-state index contributed by atoms with van der Waals surface area (Å²) in [6, 6.07) is 8.07. The Morgan fingerprint density at radius 2 is 1.85 bits per heavy atom. The van der Waals surface area contributed by atoms with Crippen LogP contribution < -0.4 is 5.73 Å². The summed E-state index contributed by atoms with van der Waals surface area (Å²) in [6.45, 7) is 0. The SMILES string of the molecule is Nc1ccc(C2=CC=CCC2)cc1. The Bertz CT molecular complexity index is 344. The van der Waals surface area contributed by atoms with E-state index in [0.29, 0.717) is 0 Å². The third-order valence-electron chi connectivity index (χ3n) is 2.30. The molecule has 1 aliphatic rings. The molecule has 1 aliphatic carbocycles. The second kappa shape index (κ2) is 3.48. The highest BCUT2D eigenvalue weighted by molar-refractivity contribution is 5.69. The molecule has 13 heavy (non-hydrogen) atoms. The molecule has 66 valence electrons. The van der Waals surface area contributed by atoms with Gasteiger partial charge in [-0.1, -0.05) is 30.4 Å². The number of hydrogen-bond acceptors (Lipinski definition) is 1. The predicted octanol–water partition coefficient (Wildman–Crippen LogP) is 3.00. The van der Waals surface area contributed by atoms with Gasteiger partial charge in [0.2, 0.25) is 0 Å². The van der Waals surface area contributed by atoms with Crippen LogP contribution in [0.15, 0.2) is 42.5 Å². The number of allylic oxidation sites excluding steroid dienone is 4. The highest BCUT2D eigenvalue weighted by Gasteiger charge is 2.01. The monoisotopic (exact) mass is 171 g/mol. The Morgan fingerprint density at radius 1 is 1.08 bits per heavy atom. The summed E-state index contributed by atoms with van der Waals surface area (Å²) in [5, 5.41) is 0. The number of rotatable bonds is 1. The molecule has 0 aliphatic heterocycles. The number of nitrogen functional groups attached to an aromatic ring is 1. The maximum atomic E-state index is 5.62. The number of anilines is 1. The van der Waals surface area contributed by atoms with E-state index >= 15 is 0 Å². The topological polar surface area (TPSA) is 26.0 Å². The van der Waals surface area contributed by atoms with Gasteiger partial charge >= 0.3 is 0 Å². The summed E-state index contributed by atoms with van der Waals surface area (Å²) < 4.78 is 0. The number of benzene rings is 1. The van der Waals surface area contributed by atoms with Gasteiger partial charge in [-0.05, 0) is 36.1 Å². The molecule has 1 aromatic rings. The summed E-state index contributed by atoms with van der Waals surface area (Å²) in [5.41, 5.74) is 9.15. The molecular weight excluding hydrogens is 158 g/mol. The fourth-order valence-electron chi connectivity index (χ4n) is 1.54. The molecule has 0 unspecified atom stereocenters. The van der Waals surface area contributed by atoms with Crippen molar-refractivity contribution in [2.45, 2.75) is 12.8 Å². The van der Waals surface area contributed by atoms with E-state index in [2.05, 4.69) is 30.4 Å². The van der Waals surface area contributed by atoms with Crippen LogP contribution in [0.4, 0.5) is 5.69 Å². The molecule has 1 nitrogen and oxygen atoms in total. The number of nitrogens with two attached hydrogens (primary N) is 1. The van der Waals surface area contributed by atoms with Crippen molar-refractivity contribution in [3.05, 3.63) is 48.1 Å². The molecule has 2 rings (SSSR count). The van der Waals surface area contributed by atoms with Gasteiger partial charge in [0, 0.05) is 5.69 Å². The smallest absolute Gasteiger partial charge is 0.0314 e. The molecular formula is C12H13N. The van der Waals surface area contributed by atoms with Crippen LogP contribution in [0.1, 0.15) is 18.4 Å². The van der Waals surface area contributed by atoms with Crippen molar-refractivity contribution >= 4 is 11.3 Å². The minimum Gasteiger partial charge on any atom is -0.399 e. The molecule has 0 atom stereocenters. The minimum atomic E-state index is 0.829. The zero-order valence-corrected chi connectivity index (χ0v) is 7.53. The summed E-state index contributed by atoms with van der Waals surface area (Å²) in [4.78, 5) is 0. The van der Waals surface area contributed by atoms with E-state index in [1.165, 1.54) is 11.1 Å². The van der Waals surface area contributed by atoms with Crippen molar-refractivity contribution in [3.8, 4) is 0 Å². The molecule has 1 aromatic carbocycles. The molecule has 0 spiro atoms. The summed E-state index contributed by atoms with van der Waals surface area (Å²) >= 11 is 0. The molecule has 0 bridgehead atoms. The van der Waals surface area contributed by atoms with Gasteiger partial charge in [-0.25, -0.2) is 0 Å². The Labute approximate surface area is 78.6 Å². The molecule has 0 radical (unpaired) electrons. The zero-order chi connectivity index (χ0) is 9.10. The summed E-state index contributed by atoms with van der Waals surface area (Å²) in [6.07, 6.45) is 8.78. The Hall–Kier alpha value is -1.50. The summed E-state index contributed by atoms with van der Waals surface area (Å²) in [5.74, 6) is 0. The van der Waals surface area contributed by atoms with Crippen LogP contribution in [0.25, 0.3) is 5.57 Å². The Morgan fingerprint density at radius 3 is 2.46 bits per heavy atom. The molecule has 0 fully saturated rings. The lowest BCUT2D eigenvalue weighted by Crippen LogP contribution is -1.89. The van der Waals surface area contributed by atoms with Crippen molar-refractivity contribution in [3.63, 3.8) is 0 Å². The van der Waals surface area contributed by atoms with E-state index in [1.807, 2.05) is 12.1 Å². The van der Waals surface area contributed by atoms with Crippen LogP contribution in [0.5, 0.6) is 0 Å². The average Bonchev–Trinajstić information content (AvgIpc) is 2.20. The van der Waals surface area contributed by atoms with Gasteiger partial charge in [0.1, 0.15) is 0 Å². The maximum Gasteiger partial charge on any atom is 0.0314 e. The van der Waals surface area contributed by atoms with Crippen LogP contribution in [-0.4, -0.2) is 0 Å². The van der Waals surface area contributed by atoms with Crippen LogP contribution in [0, 0.1) is 0 Å². The van der Waals surface area contributed by atoms with Crippen molar-refractivity contribution in [1.82, 2.24) is 0 Å². The molecule has 0 saturated heterocycles. The van der Waals surface area contributed by atoms with Gasteiger partial charge in [0.25, 0.3) is 0 Å². The van der Waals surface area contributed by atoms with E-state index in [-0.39, 0.29) is 0 Å². The first-order valence-corrected chi connectivity index (χ1v) is 4.58. The summed E-state index contributed by atoms with van der Waals surface area (Å²) in [7, 11) is 0. The first kappa shape index (κ1) is 8.11. The van der Waals surface area contributed by atoms with Gasteiger partial charge in [-0.3, -0.25) is 0 Å². The van der Waals surface area contributed by atoms with Crippen LogP contribution in [0.3, 0.4) is 0 Å². The second-order valence-corrected chi connectivity index (χ2v) is 3.28. The minimum absolute atomic E-state index is 0.829. The molecule has 0 aromatic heterocycles. The Balaban J connectivity index is 2.30. The van der Waals surface area contributed by atoms with E-state index < -0.39 is 0 Å². The molecule has 0 saturated carbocycles. The van der Waals surface area contributed by atoms with Gasteiger partial charge in [-0.15, -0.1) is 0 Å². The third-order valence-corrected chi connectivity index (χ3v) is 2.30. The molecule has 1 heteroatoms. The van der Waals surface area contributed by atoms with E-state index in [9.17, 15) is 0 Å². The second-order valence-electron chi connectivity index (χ2n) is 3.28. The van der Waals surface area contributed by atoms with Crippen molar-refractivity contribution < 1.29 is 0 Å². The lowest BCUT2D eigenvalue weighted by molar-refractivity contribution is 1.05. The van der Waals surface area contributed by atoms with Crippen molar-refractivity contribution in [1.29, 1.82) is 0 Å². The van der Waals surface area contributed by atoms with E-state index in [0.717, 1.165) is 18.5 Å². The van der Waals surface area contributed by atoms with Crippen molar-refractivity contribution in [2.75, 3.05) is 5.73 Å². The third kappa shape index (κ3) is 1.81. The van der Waals surface area contributed by atoms with E-state index in [4.69, 9.17) is 5.73 Å². The van der Waals surface area contributed by atoms with Gasteiger partial charge in [0.15, 0.2) is 0 Å². The fourth-order valence-corrected chi connectivity index (χ4v) is 1.54. The van der Waals surface area contributed by atoms with Crippen molar-refractivity contribution in [2.24, 2.45) is 0 Å². The highest BCUT2D eigenvalue weighted by atomic mass is 14.5. The van der Waals surface area contributed by atoms with Gasteiger partial charge in [0.05, 0.1) is 0 Å². The first-order chi connectivity index (χ1) is 6.36. The quantitative estimate of drug-likeness (QED) is 0.646. The van der Waals surface area contributed by atoms with Gasteiger partial charge < -0.3 is 5.73 Å². The molecule has 0 heterocycles. The molecule has 2 N–H and O–H groups in total. The van der Waals surface area contributed by atoms with Crippen LogP contribution in [-0.2, 0) is 0 Å². The fraction of sp³-hybridized carbons (Fsp3) is 0.167. The van der Waals surface area contributed by atoms with Crippen LogP contribution in [0.2, 0.25) is 0 Å². The lowest BCUT2D eigenvalue weighted by atomic mass is 9.97. The highest BCUT2D eigenvalue weighted by Crippen LogP contribution is 2.23. The number of hydrogen-bond donors (Lipinski definition) is 1. The first-order valence-electron chi connectivity index (χ1n) is 4.58. The van der Waals surface area contributed by atoms with Gasteiger partial charge in [-0.2, -0.15) is 0 Å². The van der Waals surface area contributed by atoms with E-state index in [1.54, 1.807) is 0 Å². The lowest BCUT2D eigenvalue weighted by Gasteiger charge is -2.08.